The van der Waals surface area contributed by atoms with E-state index in [1.807, 2.05) is 24.3 Å². The molecule has 0 aliphatic carbocycles. The van der Waals surface area contributed by atoms with E-state index in [0.717, 1.165) is 23.1 Å². The number of nitrogens with two attached hydrogens (primary N) is 1. The van der Waals surface area contributed by atoms with E-state index in [9.17, 15) is 0 Å². The fourth-order valence-corrected chi connectivity index (χ4v) is 2.28. The van der Waals surface area contributed by atoms with Crippen LogP contribution in [0.25, 0.3) is 0 Å². The summed E-state index contributed by atoms with van der Waals surface area (Å²) in [5.74, 6) is 1.48. The Bertz CT molecular complexity index is 543. The molecule has 1 aromatic carbocycles. The highest BCUT2D eigenvalue weighted by Crippen LogP contribution is 2.24. The molecule has 0 aliphatic heterocycles. The normalized spacial score (nSPS) is 10.3. The van der Waals surface area contributed by atoms with Crippen LogP contribution in [-0.4, -0.2) is 12.1 Å². The van der Waals surface area contributed by atoms with Crippen LogP contribution in [0.4, 0.5) is 5.82 Å². The van der Waals surface area contributed by atoms with Gasteiger partial charge in [0.05, 0.1) is 7.11 Å². The molecule has 0 atom stereocenters. The number of nitrogen functional groups attached to an aromatic ring is 1. The zero-order valence-corrected chi connectivity index (χ0v) is 11.8. The van der Waals surface area contributed by atoms with E-state index in [0.29, 0.717) is 5.82 Å². The van der Waals surface area contributed by atoms with E-state index in [-0.39, 0.29) is 0 Å². The first kappa shape index (κ1) is 12.9. The molecular weight excluding hydrogens is 292 g/mol. The highest BCUT2D eigenvalue weighted by Gasteiger charge is 2.04. The number of pyridine rings is 1. The average Bonchev–Trinajstić information content (AvgIpc) is 2.37. The maximum absolute atomic E-state index is 5.66. The third-order valence-corrected chi connectivity index (χ3v) is 3.26. The molecule has 18 heavy (non-hydrogen) atoms. The summed E-state index contributed by atoms with van der Waals surface area (Å²) in [6, 6.07) is 9.93. The van der Waals surface area contributed by atoms with Gasteiger partial charge in [0.15, 0.2) is 0 Å². The lowest BCUT2D eigenvalue weighted by atomic mass is 10.0. The van der Waals surface area contributed by atoms with Gasteiger partial charge in [-0.3, -0.25) is 0 Å². The summed E-state index contributed by atoms with van der Waals surface area (Å²) in [6.07, 6.45) is 3.56. The molecule has 2 rings (SSSR count). The van der Waals surface area contributed by atoms with E-state index in [1.54, 1.807) is 13.3 Å². The van der Waals surface area contributed by atoms with Gasteiger partial charge in [-0.25, -0.2) is 4.98 Å². The van der Waals surface area contributed by atoms with E-state index in [2.05, 4.69) is 27.0 Å². The van der Waals surface area contributed by atoms with Gasteiger partial charge in [0.25, 0.3) is 0 Å². The Hall–Kier alpha value is -1.55. The molecule has 0 spiro atoms. The zero-order valence-electron chi connectivity index (χ0n) is 10.2. The number of benzene rings is 1. The lowest BCUT2D eigenvalue weighted by molar-refractivity contribution is 0.409. The fourth-order valence-electron chi connectivity index (χ4n) is 1.87. The topological polar surface area (TPSA) is 48.1 Å². The van der Waals surface area contributed by atoms with Gasteiger partial charge in [-0.05, 0) is 54.3 Å². The zero-order chi connectivity index (χ0) is 13.0. The smallest absolute Gasteiger partial charge is 0.123 e. The molecule has 0 saturated carbocycles. The molecule has 2 aromatic rings. The number of hydrogen-bond donors (Lipinski definition) is 1. The predicted molar refractivity (Wildman–Crippen MR) is 76.8 cm³/mol. The van der Waals surface area contributed by atoms with Crippen molar-refractivity contribution in [3.8, 4) is 5.75 Å². The number of aryl methyl sites for hydroxylation is 2. The minimum absolute atomic E-state index is 0.564. The Labute approximate surface area is 115 Å². The van der Waals surface area contributed by atoms with Gasteiger partial charge >= 0.3 is 0 Å². The van der Waals surface area contributed by atoms with Gasteiger partial charge in [-0.15, -0.1) is 0 Å². The van der Waals surface area contributed by atoms with Crippen LogP contribution >= 0.6 is 15.9 Å². The van der Waals surface area contributed by atoms with Crippen LogP contribution in [0.2, 0.25) is 0 Å². The number of hydrogen-bond acceptors (Lipinski definition) is 3. The SMILES string of the molecule is COc1ccc(Br)cc1CCc1ccnc(N)c1. The number of halogens is 1. The van der Waals surface area contributed by atoms with Crippen molar-refractivity contribution < 1.29 is 4.74 Å². The standard InChI is InChI=1S/C14H15BrN2O/c1-18-13-5-4-12(15)9-11(13)3-2-10-6-7-17-14(16)8-10/h4-9H,2-3H2,1H3,(H2,16,17). The Morgan fingerprint density at radius 3 is 2.78 bits per heavy atom. The average molecular weight is 307 g/mol. The number of rotatable bonds is 4. The minimum atomic E-state index is 0.564. The molecule has 1 aromatic heterocycles. The molecular formula is C14H15BrN2O. The van der Waals surface area contributed by atoms with Crippen LogP contribution in [-0.2, 0) is 12.8 Å². The van der Waals surface area contributed by atoms with E-state index in [4.69, 9.17) is 10.5 Å². The molecule has 0 radical (unpaired) electrons. The summed E-state index contributed by atoms with van der Waals surface area (Å²) in [4.78, 5) is 3.99. The van der Waals surface area contributed by atoms with Crippen LogP contribution in [0.3, 0.4) is 0 Å². The molecule has 0 fully saturated rings. The number of methoxy groups -OCH3 is 1. The molecule has 4 heteroatoms. The lowest BCUT2D eigenvalue weighted by Crippen LogP contribution is -1.97. The largest absolute Gasteiger partial charge is 0.496 e. The van der Waals surface area contributed by atoms with Crippen molar-refractivity contribution in [3.63, 3.8) is 0 Å². The molecule has 0 amide bonds. The first-order valence-corrected chi connectivity index (χ1v) is 6.51. The summed E-state index contributed by atoms with van der Waals surface area (Å²) in [5.41, 5.74) is 8.03. The molecule has 2 N–H and O–H groups in total. The molecule has 3 nitrogen and oxygen atoms in total. The van der Waals surface area contributed by atoms with Gasteiger partial charge in [-0.1, -0.05) is 15.9 Å². The Balaban J connectivity index is 2.12. The van der Waals surface area contributed by atoms with Crippen molar-refractivity contribution in [3.05, 3.63) is 52.1 Å². The number of ether oxygens (including phenoxy) is 1. The number of aromatic nitrogens is 1. The number of anilines is 1. The van der Waals surface area contributed by atoms with Crippen molar-refractivity contribution >= 4 is 21.7 Å². The maximum atomic E-state index is 5.66. The maximum Gasteiger partial charge on any atom is 0.123 e. The highest BCUT2D eigenvalue weighted by atomic mass is 79.9. The lowest BCUT2D eigenvalue weighted by Gasteiger charge is -2.09. The van der Waals surface area contributed by atoms with E-state index in [1.165, 1.54) is 11.1 Å². The Kier molecular flexibility index (Phi) is 4.20. The molecule has 0 saturated heterocycles. The summed E-state index contributed by atoms with van der Waals surface area (Å²) in [7, 11) is 1.69. The Morgan fingerprint density at radius 1 is 1.22 bits per heavy atom. The summed E-state index contributed by atoms with van der Waals surface area (Å²) in [6.45, 7) is 0. The number of nitrogens with zero attached hydrogens (tertiary/aromatic N) is 1. The van der Waals surface area contributed by atoms with Gasteiger partial charge in [0, 0.05) is 10.7 Å². The highest BCUT2D eigenvalue weighted by molar-refractivity contribution is 9.10. The summed E-state index contributed by atoms with van der Waals surface area (Å²) < 4.78 is 6.42. The third-order valence-electron chi connectivity index (χ3n) is 2.77. The van der Waals surface area contributed by atoms with Crippen molar-refractivity contribution in [1.82, 2.24) is 4.98 Å². The van der Waals surface area contributed by atoms with E-state index < -0.39 is 0 Å². The van der Waals surface area contributed by atoms with Crippen molar-refractivity contribution in [2.45, 2.75) is 12.8 Å². The second-order valence-electron chi connectivity index (χ2n) is 4.05. The molecule has 0 unspecified atom stereocenters. The predicted octanol–water partition coefficient (Wildman–Crippen LogP) is 3.22. The summed E-state index contributed by atoms with van der Waals surface area (Å²) in [5, 5.41) is 0. The first-order chi connectivity index (χ1) is 8.69. The van der Waals surface area contributed by atoms with Crippen LogP contribution in [0.5, 0.6) is 5.75 Å². The molecule has 0 bridgehead atoms. The van der Waals surface area contributed by atoms with Crippen LogP contribution in [0.1, 0.15) is 11.1 Å². The van der Waals surface area contributed by atoms with Crippen molar-refractivity contribution in [2.24, 2.45) is 0 Å². The third kappa shape index (κ3) is 3.23. The van der Waals surface area contributed by atoms with Crippen LogP contribution < -0.4 is 10.5 Å². The molecule has 0 aliphatic rings. The quantitative estimate of drug-likeness (QED) is 0.943. The van der Waals surface area contributed by atoms with Crippen molar-refractivity contribution in [1.29, 1.82) is 0 Å². The van der Waals surface area contributed by atoms with Gasteiger partial charge in [0.2, 0.25) is 0 Å². The Morgan fingerprint density at radius 2 is 2.06 bits per heavy atom. The minimum Gasteiger partial charge on any atom is -0.496 e. The van der Waals surface area contributed by atoms with Gasteiger partial charge in [-0.2, -0.15) is 0 Å². The second-order valence-corrected chi connectivity index (χ2v) is 4.96. The van der Waals surface area contributed by atoms with Crippen molar-refractivity contribution in [2.75, 3.05) is 12.8 Å². The monoisotopic (exact) mass is 306 g/mol. The van der Waals surface area contributed by atoms with Crippen LogP contribution in [0, 0.1) is 0 Å². The van der Waals surface area contributed by atoms with Crippen LogP contribution in [0.15, 0.2) is 41.0 Å². The second kappa shape index (κ2) is 5.87. The fraction of sp³-hybridized carbons (Fsp3) is 0.214. The van der Waals surface area contributed by atoms with Gasteiger partial charge in [0.1, 0.15) is 11.6 Å². The molecule has 94 valence electrons. The first-order valence-electron chi connectivity index (χ1n) is 5.72. The molecule has 1 heterocycles. The van der Waals surface area contributed by atoms with E-state index >= 15 is 0 Å². The summed E-state index contributed by atoms with van der Waals surface area (Å²) >= 11 is 3.48. The van der Waals surface area contributed by atoms with Gasteiger partial charge < -0.3 is 10.5 Å².